The van der Waals surface area contributed by atoms with Crippen LogP contribution in [0.4, 0.5) is 17.2 Å². The maximum Gasteiger partial charge on any atom is 0.165 e. The van der Waals surface area contributed by atoms with E-state index in [1.165, 1.54) is 6.20 Å². The monoisotopic (exact) mass is 508 g/mol. The summed E-state index contributed by atoms with van der Waals surface area (Å²) in [6, 6.07) is 19.3. The van der Waals surface area contributed by atoms with Crippen molar-refractivity contribution < 1.29 is 5.11 Å². The molecule has 0 aliphatic heterocycles. The molecule has 0 saturated carbocycles. The van der Waals surface area contributed by atoms with Gasteiger partial charge in [-0.2, -0.15) is 5.10 Å². The summed E-state index contributed by atoms with van der Waals surface area (Å²) in [7, 11) is 0. The fraction of sp³-hybridized carbons (Fsp3) is 0.0370. The molecule has 6 aromatic rings. The van der Waals surface area contributed by atoms with Gasteiger partial charge < -0.3 is 20.7 Å². The Balaban J connectivity index is 1.20. The molecule has 1 unspecified atom stereocenters. The van der Waals surface area contributed by atoms with E-state index in [4.69, 9.17) is 16.6 Å². The first-order valence-electron chi connectivity index (χ1n) is 11.5. The van der Waals surface area contributed by atoms with Crippen LogP contribution in [0.1, 0.15) is 11.9 Å². The molecule has 4 heterocycles. The molecule has 0 bridgehead atoms. The summed E-state index contributed by atoms with van der Waals surface area (Å²) in [6.07, 6.45) is 7.53. The Hall–Kier alpha value is -4.73. The van der Waals surface area contributed by atoms with Gasteiger partial charge in [0.25, 0.3) is 0 Å². The van der Waals surface area contributed by atoms with E-state index in [0.717, 1.165) is 33.3 Å². The van der Waals surface area contributed by atoms with Crippen molar-refractivity contribution in [1.82, 2.24) is 30.1 Å². The second-order valence-corrected chi connectivity index (χ2v) is 8.79. The summed E-state index contributed by atoms with van der Waals surface area (Å²) in [5.41, 5.74) is 5.92. The molecule has 0 radical (unpaired) electrons. The molecule has 0 fully saturated rings. The Morgan fingerprint density at radius 2 is 1.76 bits per heavy atom. The lowest BCUT2D eigenvalue weighted by Crippen LogP contribution is -2.10. The second kappa shape index (κ2) is 9.73. The van der Waals surface area contributed by atoms with Crippen molar-refractivity contribution in [3.05, 3.63) is 102 Å². The molecule has 0 spiro atoms. The van der Waals surface area contributed by atoms with Crippen LogP contribution in [0.25, 0.3) is 33.4 Å². The number of hydrogen-bond acceptors (Lipinski definition) is 7. The number of nitrogens with one attached hydrogen (secondary N) is 4. The van der Waals surface area contributed by atoms with Crippen molar-refractivity contribution in [2.45, 2.75) is 6.23 Å². The Morgan fingerprint density at radius 1 is 0.892 bits per heavy atom. The minimum absolute atomic E-state index is 0.430. The zero-order valence-corrected chi connectivity index (χ0v) is 20.1. The minimum atomic E-state index is -0.973. The van der Waals surface area contributed by atoms with E-state index in [1.807, 2.05) is 60.8 Å². The normalized spacial score (nSPS) is 11.9. The van der Waals surface area contributed by atoms with Gasteiger partial charge in [0.15, 0.2) is 12.1 Å². The van der Waals surface area contributed by atoms with Gasteiger partial charge in [0, 0.05) is 47.1 Å². The number of nitrogens with zero attached hydrogens (tertiary/aromatic N) is 4. The molecule has 0 amide bonds. The largest absolute Gasteiger partial charge is 0.368 e. The molecular weight excluding hydrogens is 488 g/mol. The number of aromatic nitrogens is 6. The third-order valence-electron chi connectivity index (χ3n) is 5.91. The number of fused-ring (bicyclic) bond motifs is 1. The Kier molecular flexibility index (Phi) is 5.97. The zero-order valence-electron chi connectivity index (χ0n) is 19.4. The van der Waals surface area contributed by atoms with Crippen LogP contribution in [0.2, 0.25) is 5.02 Å². The number of aliphatic hydroxyl groups is 1. The quantitative estimate of drug-likeness (QED) is 0.170. The first-order valence-corrected chi connectivity index (χ1v) is 11.9. The smallest absolute Gasteiger partial charge is 0.165 e. The average Bonchev–Trinajstić information content (AvgIpc) is 3.61. The van der Waals surface area contributed by atoms with Crippen LogP contribution in [0, 0.1) is 0 Å². The van der Waals surface area contributed by atoms with E-state index < -0.39 is 6.23 Å². The van der Waals surface area contributed by atoms with E-state index in [2.05, 4.69) is 35.8 Å². The van der Waals surface area contributed by atoms with Gasteiger partial charge in [-0.15, -0.1) is 0 Å². The van der Waals surface area contributed by atoms with Crippen LogP contribution in [0.15, 0.2) is 91.6 Å². The maximum absolute atomic E-state index is 10.7. The number of anilines is 3. The van der Waals surface area contributed by atoms with Gasteiger partial charge in [0.1, 0.15) is 5.82 Å². The van der Waals surface area contributed by atoms with Gasteiger partial charge in [-0.3, -0.25) is 10.1 Å². The van der Waals surface area contributed by atoms with Crippen LogP contribution < -0.4 is 10.6 Å². The lowest BCUT2D eigenvalue weighted by molar-refractivity contribution is 0.204. The Labute approximate surface area is 216 Å². The number of aliphatic hydroxyl groups excluding tert-OH is 1. The van der Waals surface area contributed by atoms with Crippen molar-refractivity contribution in [3.8, 4) is 22.5 Å². The van der Waals surface area contributed by atoms with Crippen LogP contribution in [0.3, 0.4) is 0 Å². The van der Waals surface area contributed by atoms with E-state index in [0.29, 0.717) is 28.0 Å². The van der Waals surface area contributed by atoms with Crippen molar-refractivity contribution in [3.63, 3.8) is 0 Å². The number of hydrogen-bond donors (Lipinski definition) is 5. The number of halogens is 1. The van der Waals surface area contributed by atoms with Gasteiger partial charge in [-0.1, -0.05) is 35.9 Å². The van der Waals surface area contributed by atoms with Crippen LogP contribution in [0.5, 0.6) is 0 Å². The molecule has 182 valence electrons. The predicted octanol–water partition coefficient (Wildman–Crippen LogP) is 5.91. The van der Waals surface area contributed by atoms with Gasteiger partial charge >= 0.3 is 0 Å². The molecule has 0 aliphatic carbocycles. The molecular formula is C27H21ClN8O. The van der Waals surface area contributed by atoms with Crippen molar-refractivity contribution >= 4 is 39.7 Å². The first-order chi connectivity index (χ1) is 18.1. The molecule has 5 N–H and O–H groups in total. The third kappa shape index (κ3) is 4.86. The highest BCUT2D eigenvalue weighted by molar-refractivity contribution is 6.33. The van der Waals surface area contributed by atoms with Crippen molar-refractivity contribution in [2.24, 2.45) is 0 Å². The van der Waals surface area contributed by atoms with Gasteiger partial charge in [-0.25, -0.2) is 9.97 Å². The highest BCUT2D eigenvalue weighted by Crippen LogP contribution is 2.28. The first kappa shape index (κ1) is 22.7. The summed E-state index contributed by atoms with van der Waals surface area (Å²) in [4.78, 5) is 16.4. The summed E-state index contributed by atoms with van der Waals surface area (Å²) in [6.45, 7) is 0. The standard InChI is InChI=1S/C27H21ClN8O/c28-21-15-29-9-7-22(21)35-27(37)24-11-17-1-2-18(12-23(17)34-24)26-30-10-8-25(36-26)33-20-5-3-16(4-6-20)19-13-31-32-14-19/h1-15,27,34,37H,(H,29,35)(H,31,32)(H,30,33,36). The highest BCUT2D eigenvalue weighted by Gasteiger charge is 2.13. The van der Waals surface area contributed by atoms with E-state index >= 15 is 0 Å². The third-order valence-corrected chi connectivity index (χ3v) is 6.21. The predicted molar refractivity (Wildman–Crippen MR) is 144 cm³/mol. The summed E-state index contributed by atoms with van der Waals surface area (Å²) in [5.74, 6) is 1.27. The highest BCUT2D eigenvalue weighted by atomic mass is 35.5. The number of benzene rings is 2. The van der Waals surface area contributed by atoms with Crippen LogP contribution in [-0.4, -0.2) is 35.2 Å². The van der Waals surface area contributed by atoms with E-state index in [-0.39, 0.29) is 0 Å². The SMILES string of the molecule is OC(Nc1ccncc1Cl)c1cc2ccc(-c3nccc(Nc4ccc(-c5cn[nH]c5)cc4)n3)cc2[nH]1. The molecule has 37 heavy (non-hydrogen) atoms. The molecule has 1 atom stereocenters. The van der Waals surface area contributed by atoms with Gasteiger partial charge in [0.05, 0.1) is 22.6 Å². The topological polar surface area (TPSA) is 127 Å². The Bertz CT molecular complexity index is 1660. The fourth-order valence-corrected chi connectivity index (χ4v) is 4.20. The Morgan fingerprint density at radius 3 is 2.57 bits per heavy atom. The van der Waals surface area contributed by atoms with Crippen LogP contribution in [-0.2, 0) is 0 Å². The van der Waals surface area contributed by atoms with Gasteiger partial charge in [0.2, 0.25) is 0 Å². The number of pyridine rings is 1. The second-order valence-electron chi connectivity index (χ2n) is 8.38. The molecule has 6 rings (SSSR count). The summed E-state index contributed by atoms with van der Waals surface area (Å²) < 4.78 is 0. The summed E-state index contributed by atoms with van der Waals surface area (Å²) in [5, 5.41) is 25.2. The summed E-state index contributed by atoms with van der Waals surface area (Å²) >= 11 is 6.15. The van der Waals surface area contributed by atoms with E-state index in [1.54, 1.807) is 24.7 Å². The lowest BCUT2D eigenvalue weighted by Gasteiger charge is -2.13. The number of rotatable bonds is 7. The minimum Gasteiger partial charge on any atom is -0.368 e. The van der Waals surface area contributed by atoms with Crippen LogP contribution >= 0.6 is 11.6 Å². The van der Waals surface area contributed by atoms with Gasteiger partial charge in [-0.05, 0) is 47.3 Å². The lowest BCUT2D eigenvalue weighted by atomic mass is 10.1. The molecule has 10 heteroatoms. The zero-order chi connectivity index (χ0) is 25.2. The van der Waals surface area contributed by atoms with E-state index in [9.17, 15) is 5.11 Å². The van der Waals surface area contributed by atoms with Crippen molar-refractivity contribution in [2.75, 3.05) is 10.6 Å². The number of H-pyrrole nitrogens is 2. The van der Waals surface area contributed by atoms with Crippen molar-refractivity contribution in [1.29, 1.82) is 0 Å². The molecule has 0 aliphatic rings. The average molecular weight is 509 g/mol. The molecule has 9 nitrogen and oxygen atoms in total. The molecule has 0 saturated heterocycles. The maximum atomic E-state index is 10.7. The molecule has 4 aromatic heterocycles. The number of aromatic amines is 2. The fourth-order valence-electron chi connectivity index (χ4n) is 4.02. The molecule has 2 aromatic carbocycles.